The number of nitrogens with two attached hydrogens (primary N) is 1. The highest BCUT2D eigenvalue weighted by Gasteiger charge is 2.56. The highest BCUT2D eigenvalue weighted by Crippen LogP contribution is 2.15. The number of rotatable bonds is 2. The minimum absolute atomic E-state index is 0.0237. The molecule has 1 unspecified atom stereocenters. The summed E-state index contributed by atoms with van der Waals surface area (Å²) in [5.41, 5.74) is 5.04. The van der Waals surface area contributed by atoms with E-state index in [0.717, 1.165) is 0 Å². The van der Waals surface area contributed by atoms with Gasteiger partial charge in [0.05, 0.1) is 6.54 Å². The van der Waals surface area contributed by atoms with Crippen molar-refractivity contribution in [2.45, 2.75) is 0 Å². The van der Waals surface area contributed by atoms with E-state index in [1.165, 1.54) is 6.08 Å². The van der Waals surface area contributed by atoms with Gasteiger partial charge in [-0.2, -0.15) is 4.79 Å². The Hall–Kier alpha value is -1.89. The quantitative estimate of drug-likeness (QED) is 0.496. The molecule has 0 aromatic carbocycles. The average Bonchev–Trinajstić information content (AvgIpc) is 2.57. The number of ether oxygens (including phenoxy) is 1. The lowest BCUT2D eigenvalue weighted by Crippen LogP contribution is -2.61. The maximum atomic E-state index is 11.5. The van der Waals surface area contributed by atoms with Crippen LogP contribution in [0.3, 0.4) is 0 Å². The van der Waals surface area contributed by atoms with E-state index in [0.29, 0.717) is 0 Å². The Kier molecular flexibility index (Phi) is 3.05. The zero-order valence-corrected chi connectivity index (χ0v) is 8.06. The number of primary amides is 1. The van der Waals surface area contributed by atoms with Crippen LogP contribution in [0.1, 0.15) is 0 Å². The zero-order valence-electron chi connectivity index (χ0n) is 8.06. The maximum absolute atomic E-state index is 11.5. The third-order valence-electron chi connectivity index (χ3n) is 2.08. The van der Waals surface area contributed by atoms with Crippen molar-refractivity contribution in [1.82, 2.24) is 5.32 Å². The number of nitrogens with zero attached hydrogens (tertiary/aromatic N) is 1. The van der Waals surface area contributed by atoms with E-state index in [1.54, 1.807) is 0 Å². The molecule has 1 aliphatic rings. The standard InChI is InChI=1S/C8H11N3O4/c1-2-5-15-8(14)11(6(9)12)4-3-10-7(11)13/h2H,1,3-5H2,(H2-,9,10,12,13)/p+1. The van der Waals surface area contributed by atoms with E-state index in [-0.39, 0.29) is 19.7 Å². The van der Waals surface area contributed by atoms with Crippen molar-refractivity contribution in [2.75, 3.05) is 19.7 Å². The number of carbonyl (C=O) groups excluding carboxylic acids is 3. The second kappa shape index (κ2) is 4.09. The molecule has 15 heavy (non-hydrogen) atoms. The molecule has 1 heterocycles. The molecule has 0 bridgehead atoms. The molecule has 0 aliphatic carbocycles. The van der Waals surface area contributed by atoms with Crippen LogP contribution in [0.4, 0.5) is 14.4 Å². The predicted molar refractivity (Wildman–Crippen MR) is 49.7 cm³/mol. The van der Waals surface area contributed by atoms with E-state index >= 15 is 0 Å². The molecule has 0 aromatic heterocycles. The van der Waals surface area contributed by atoms with Gasteiger partial charge in [-0.15, -0.1) is 0 Å². The van der Waals surface area contributed by atoms with E-state index in [2.05, 4.69) is 16.6 Å². The molecule has 3 N–H and O–H groups in total. The average molecular weight is 214 g/mol. The number of imide groups is 3. The minimum atomic E-state index is -1.13. The Bertz CT molecular complexity index is 328. The van der Waals surface area contributed by atoms with E-state index in [4.69, 9.17) is 5.73 Å². The highest BCUT2D eigenvalue weighted by molar-refractivity contribution is 5.94. The maximum Gasteiger partial charge on any atom is 0.534 e. The Balaban J connectivity index is 2.91. The van der Waals surface area contributed by atoms with Gasteiger partial charge in [0, 0.05) is 0 Å². The molecule has 5 amide bonds. The Morgan fingerprint density at radius 2 is 2.33 bits per heavy atom. The number of hydrogen-bond donors (Lipinski definition) is 2. The summed E-state index contributed by atoms with van der Waals surface area (Å²) in [7, 11) is 0. The van der Waals surface area contributed by atoms with Crippen molar-refractivity contribution < 1.29 is 23.6 Å². The van der Waals surface area contributed by atoms with Crippen LogP contribution in [0.2, 0.25) is 0 Å². The number of quaternary nitrogens is 1. The van der Waals surface area contributed by atoms with Gasteiger partial charge in [0.25, 0.3) is 0 Å². The molecule has 0 aromatic rings. The van der Waals surface area contributed by atoms with Gasteiger partial charge >= 0.3 is 18.2 Å². The normalized spacial score (nSPS) is 24.4. The molecule has 0 spiro atoms. The van der Waals surface area contributed by atoms with E-state index < -0.39 is 22.6 Å². The lowest BCUT2D eigenvalue weighted by atomic mass is 10.5. The van der Waals surface area contributed by atoms with Crippen LogP contribution >= 0.6 is 0 Å². The molecule has 1 saturated heterocycles. The first-order valence-corrected chi connectivity index (χ1v) is 4.30. The second-order valence-electron chi connectivity index (χ2n) is 2.97. The van der Waals surface area contributed by atoms with Gasteiger partial charge in [0.15, 0.2) is 0 Å². The summed E-state index contributed by atoms with van der Waals surface area (Å²) in [6.07, 6.45) is 0.362. The molecule has 0 saturated carbocycles. The predicted octanol–water partition coefficient (Wildman–Crippen LogP) is -0.0723. The van der Waals surface area contributed by atoms with Gasteiger partial charge in [-0.1, -0.05) is 17.1 Å². The van der Waals surface area contributed by atoms with Crippen LogP contribution in [-0.2, 0) is 4.74 Å². The summed E-state index contributed by atoms with van der Waals surface area (Å²) in [4.78, 5) is 34.0. The molecular weight excluding hydrogens is 202 g/mol. The first-order valence-electron chi connectivity index (χ1n) is 4.30. The van der Waals surface area contributed by atoms with Crippen molar-refractivity contribution in [1.29, 1.82) is 0 Å². The molecular formula is C8H12N3O4+. The van der Waals surface area contributed by atoms with Gasteiger partial charge in [-0.05, 0) is 0 Å². The zero-order chi connectivity index (χ0) is 11.5. The first kappa shape index (κ1) is 11.2. The molecule has 7 heteroatoms. The second-order valence-corrected chi connectivity index (χ2v) is 2.97. The summed E-state index contributed by atoms with van der Waals surface area (Å²) in [6, 6.07) is -1.80. The summed E-state index contributed by atoms with van der Waals surface area (Å²) in [5.74, 6) is 0. The topological polar surface area (TPSA) is 98.5 Å². The highest BCUT2D eigenvalue weighted by atomic mass is 16.6. The molecule has 7 nitrogen and oxygen atoms in total. The van der Waals surface area contributed by atoms with Crippen LogP contribution in [0.15, 0.2) is 12.7 Å². The van der Waals surface area contributed by atoms with Crippen molar-refractivity contribution in [2.24, 2.45) is 5.73 Å². The fourth-order valence-electron chi connectivity index (χ4n) is 1.28. The molecule has 1 rings (SSSR count). The fourth-order valence-corrected chi connectivity index (χ4v) is 1.28. The van der Waals surface area contributed by atoms with Crippen molar-refractivity contribution >= 4 is 18.2 Å². The monoisotopic (exact) mass is 214 g/mol. The van der Waals surface area contributed by atoms with Gasteiger partial charge in [-0.3, -0.25) is 5.32 Å². The van der Waals surface area contributed by atoms with Crippen LogP contribution < -0.4 is 11.1 Å². The van der Waals surface area contributed by atoms with Gasteiger partial charge in [0.1, 0.15) is 13.2 Å². The van der Waals surface area contributed by atoms with Crippen LogP contribution in [0.25, 0.3) is 0 Å². The number of nitrogens with one attached hydrogen (secondary N) is 1. The molecule has 82 valence electrons. The van der Waals surface area contributed by atoms with Crippen LogP contribution in [0.5, 0.6) is 0 Å². The SMILES string of the molecule is C=CCOC(=O)[N+]1(C(N)=O)CCNC1=O. The summed E-state index contributed by atoms with van der Waals surface area (Å²) in [6.45, 7) is 3.46. The van der Waals surface area contributed by atoms with Gasteiger partial charge < -0.3 is 10.5 Å². The number of amides is 5. The lowest BCUT2D eigenvalue weighted by molar-refractivity contribution is -0.678. The third-order valence-corrected chi connectivity index (χ3v) is 2.08. The summed E-state index contributed by atoms with van der Waals surface area (Å²) >= 11 is 0. The number of hydrogen-bond acceptors (Lipinski definition) is 4. The van der Waals surface area contributed by atoms with E-state index in [9.17, 15) is 14.4 Å². The lowest BCUT2D eigenvalue weighted by Gasteiger charge is -2.19. The Labute approximate surface area is 86.1 Å². The number of urea groups is 2. The number of carbonyl (C=O) groups is 3. The summed E-state index contributed by atoms with van der Waals surface area (Å²) in [5, 5.41) is 2.35. The smallest absolute Gasteiger partial charge is 0.415 e. The van der Waals surface area contributed by atoms with E-state index in [1.807, 2.05) is 0 Å². The largest absolute Gasteiger partial charge is 0.534 e. The Morgan fingerprint density at radius 1 is 1.67 bits per heavy atom. The van der Waals surface area contributed by atoms with Crippen LogP contribution in [-0.4, -0.2) is 42.3 Å². The van der Waals surface area contributed by atoms with Crippen molar-refractivity contribution in [3.63, 3.8) is 0 Å². The molecule has 1 aliphatic heterocycles. The Morgan fingerprint density at radius 3 is 2.73 bits per heavy atom. The van der Waals surface area contributed by atoms with Crippen molar-refractivity contribution in [3.8, 4) is 0 Å². The van der Waals surface area contributed by atoms with Gasteiger partial charge in [0.2, 0.25) is 0 Å². The minimum Gasteiger partial charge on any atom is -0.415 e. The fraction of sp³-hybridized carbons (Fsp3) is 0.375. The third kappa shape index (κ3) is 1.68. The molecule has 0 radical (unpaired) electrons. The molecule has 1 fully saturated rings. The van der Waals surface area contributed by atoms with Gasteiger partial charge in [-0.25, -0.2) is 9.59 Å². The molecule has 1 atom stereocenters. The summed E-state index contributed by atoms with van der Waals surface area (Å²) < 4.78 is 3.53. The van der Waals surface area contributed by atoms with Crippen molar-refractivity contribution in [3.05, 3.63) is 12.7 Å². The first-order chi connectivity index (χ1) is 7.05. The van der Waals surface area contributed by atoms with Crippen LogP contribution in [0, 0.1) is 0 Å².